The Balaban J connectivity index is 1.93. The first kappa shape index (κ1) is 10.6. The Bertz CT molecular complexity index is 274. The van der Waals surface area contributed by atoms with Crippen LogP contribution < -0.4 is 0 Å². The molecule has 0 unspecified atom stereocenters. The zero-order valence-corrected chi connectivity index (χ0v) is 8.50. The van der Waals surface area contributed by atoms with Crippen LogP contribution in [0.1, 0.15) is 19.3 Å². The molecule has 2 N–H and O–H groups in total. The third kappa shape index (κ3) is 2.06. The van der Waals surface area contributed by atoms with E-state index in [1.807, 2.05) is 0 Å². The molecule has 0 aromatic carbocycles. The lowest BCUT2D eigenvalue weighted by Crippen LogP contribution is -2.29. The Morgan fingerprint density at radius 2 is 2.00 bits per heavy atom. The minimum Gasteiger partial charge on any atom is -0.478 e. The van der Waals surface area contributed by atoms with Gasteiger partial charge in [0.2, 0.25) is 0 Å². The van der Waals surface area contributed by atoms with Crippen molar-refractivity contribution in [3.63, 3.8) is 0 Å². The maximum atomic E-state index is 10.3. The Kier molecular flexibility index (Phi) is 3.07. The monoisotopic (exact) mass is 212 g/mol. The van der Waals surface area contributed by atoms with Crippen molar-refractivity contribution in [1.82, 2.24) is 0 Å². The molecular formula is C11H16O4. The molecule has 0 aliphatic carbocycles. The highest BCUT2D eigenvalue weighted by molar-refractivity contribution is 5.79. The highest BCUT2D eigenvalue weighted by Crippen LogP contribution is 2.44. The molecule has 0 aromatic rings. The molecule has 0 spiro atoms. The van der Waals surface area contributed by atoms with Crippen molar-refractivity contribution in [2.24, 2.45) is 11.8 Å². The summed E-state index contributed by atoms with van der Waals surface area (Å²) < 4.78 is 5.70. The number of hydrogen-bond donors (Lipinski definition) is 2. The zero-order chi connectivity index (χ0) is 10.8. The first-order valence-electron chi connectivity index (χ1n) is 5.38. The normalized spacial score (nSPS) is 39.0. The Morgan fingerprint density at radius 1 is 1.33 bits per heavy atom. The molecule has 2 aliphatic heterocycles. The van der Waals surface area contributed by atoms with E-state index in [9.17, 15) is 9.90 Å². The van der Waals surface area contributed by atoms with E-state index in [2.05, 4.69) is 0 Å². The number of hydrogen-bond acceptors (Lipinski definition) is 3. The second kappa shape index (κ2) is 4.33. The largest absolute Gasteiger partial charge is 0.478 e. The molecule has 4 atom stereocenters. The number of aliphatic hydroxyl groups is 1. The van der Waals surface area contributed by atoms with Gasteiger partial charge in [0, 0.05) is 18.6 Å². The lowest BCUT2D eigenvalue weighted by Gasteiger charge is -2.25. The van der Waals surface area contributed by atoms with Gasteiger partial charge < -0.3 is 14.9 Å². The van der Waals surface area contributed by atoms with Crippen LogP contribution in [-0.2, 0) is 9.53 Å². The van der Waals surface area contributed by atoms with Gasteiger partial charge in [-0.2, -0.15) is 0 Å². The van der Waals surface area contributed by atoms with Gasteiger partial charge in [-0.25, -0.2) is 4.79 Å². The van der Waals surface area contributed by atoms with Crippen LogP contribution in [0.25, 0.3) is 0 Å². The first-order valence-corrected chi connectivity index (χ1v) is 5.38. The van der Waals surface area contributed by atoms with Crippen LogP contribution >= 0.6 is 0 Å². The summed E-state index contributed by atoms with van der Waals surface area (Å²) in [5.74, 6) is -0.425. The molecule has 4 nitrogen and oxygen atoms in total. The van der Waals surface area contributed by atoms with Crippen molar-refractivity contribution in [2.45, 2.75) is 31.5 Å². The average Bonchev–Trinajstić information content (AvgIpc) is 2.76. The van der Waals surface area contributed by atoms with Crippen molar-refractivity contribution in [3.8, 4) is 0 Å². The van der Waals surface area contributed by atoms with E-state index >= 15 is 0 Å². The topological polar surface area (TPSA) is 66.8 Å². The lowest BCUT2D eigenvalue weighted by atomic mass is 9.78. The van der Waals surface area contributed by atoms with Gasteiger partial charge in [-0.15, -0.1) is 0 Å². The summed E-state index contributed by atoms with van der Waals surface area (Å²) in [6.45, 7) is 0.146. The van der Waals surface area contributed by atoms with Crippen molar-refractivity contribution in [3.05, 3.63) is 12.2 Å². The number of carboxylic acids is 1. The minimum absolute atomic E-state index is 0.146. The van der Waals surface area contributed by atoms with Gasteiger partial charge in [-0.05, 0) is 25.2 Å². The molecule has 2 rings (SSSR count). The van der Waals surface area contributed by atoms with Gasteiger partial charge in [0.25, 0.3) is 0 Å². The highest BCUT2D eigenvalue weighted by atomic mass is 16.5. The summed E-state index contributed by atoms with van der Waals surface area (Å²) in [7, 11) is 0. The summed E-state index contributed by atoms with van der Waals surface area (Å²) in [4.78, 5) is 10.3. The summed E-state index contributed by atoms with van der Waals surface area (Å²) in [6.07, 6.45) is 6.04. The smallest absolute Gasteiger partial charge is 0.327 e. The molecule has 2 heterocycles. The second-order valence-corrected chi connectivity index (χ2v) is 4.28. The lowest BCUT2D eigenvalue weighted by molar-refractivity contribution is -0.131. The number of rotatable bonds is 4. The van der Waals surface area contributed by atoms with Crippen LogP contribution in [0, 0.1) is 11.8 Å². The molecule has 0 amide bonds. The number of aliphatic hydroxyl groups excluding tert-OH is 1. The third-order valence-corrected chi connectivity index (χ3v) is 3.47. The summed E-state index contributed by atoms with van der Waals surface area (Å²) in [5.41, 5.74) is 0. The summed E-state index contributed by atoms with van der Waals surface area (Å²) in [5, 5.41) is 17.7. The predicted octanol–water partition coefficient (Wildman–Crippen LogP) is 0.803. The van der Waals surface area contributed by atoms with Crippen molar-refractivity contribution in [2.75, 3.05) is 6.61 Å². The Labute approximate surface area is 88.6 Å². The predicted molar refractivity (Wildman–Crippen MR) is 53.4 cm³/mol. The number of fused-ring (bicyclic) bond motifs is 2. The van der Waals surface area contributed by atoms with E-state index in [0.29, 0.717) is 12.3 Å². The molecule has 4 heteroatoms. The van der Waals surface area contributed by atoms with Crippen LogP contribution in [0.5, 0.6) is 0 Å². The SMILES string of the molecule is O=C(O)C=CC[C@H]1[C@@H](CO)[C@H]2CC[C@@H]1O2. The Morgan fingerprint density at radius 3 is 2.60 bits per heavy atom. The van der Waals surface area contributed by atoms with Crippen LogP contribution in [0.4, 0.5) is 0 Å². The molecule has 2 aliphatic rings. The van der Waals surface area contributed by atoms with E-state index in [1.54, 1.807) is 6.08 Å². The fourth-order valence-electron chi connectivity index (χ4n) is 2.78. The molecular weight excluding hydrogens is 196 g/mol. The quantitative estimate of drug-likeness (QED) is 0.676. The average molecular weight is 212 g/mol. The molecule has 84 valence electrons. The number of allylic oxidation sites excluding steroid dienone is 1. The maximum absolute atomic E-state index is 10.3. The van der Waals surface area contributed by atoms with Gasteiger partial charge in [0.05, 0.1) is 12.2 Å². The fourth-order valence-corrected chi connectivity index (χ4v) is 2.78. The van der Waals surface area contributed by atoms with Gasteiger partial charge in [0.1, 0.15) is 0 Å². The molecule has 0 saturated carbocycles. The van der Waals surface area contributed by atoms with Gasteiger partial charge in [0.15, 0.2) is 0 Å². The van der Waals surface area contributed by atoms with E-state index in [4.69, 9.17) is 9.84 Å². The standard InChI is InChI=1S/C11H16O4/c12-6-8-7(2-1-3-11(13)14)9-4-5-10(8)15-9/h1,3,7-10,12H,2,4-6H2,(H,13,14)/t7-,8+,9-,10+/m0/s1. The van der Waals surface area contributed by atoms with E-state index < -0.39 is 5.97 Å². The van der Waals surface area contributed by atoms with E-state index in [-0.39, 0.29) is 24.7 Å². The molecule has 2 fully saturated rings. The fraction of sp³-hybridized carbons (Fsp3) is 0.727. The highest BCUT2D eigenvalue weighted by Gasteiger charge is 2.47. The molecule has 0 aromatic heterocycles. The van der Waals surface area contributed by atoms with Crippen molar-refractivity contribution in [1.29, 1.82) is 0 Å². The van der Waals surface area contributed by atoms with Gasteiger partial charge in [-0.1, -0.05) is 6.08 Å². The third-order valence-electron chi connectivity index (χ3n) is 3.47. The second-order valence-electron chi connectivity index (χ2n) is 4.28. The number of ether oxygens (including phenoxy) is 1. The van der Waals surface area contributed by atoms with Crippen molar-refractivity contribution >= 4 is 5.97 Å². The number of carbonyl (C=O) groups is 1. The number of carboxylic acid groups (broad SMARTS) is 1. The summed E-state index contributed by atoms with van der Waals surface area (Å²) >= 11 is 0. The van der Waals surface area contributed by atoms with Crippen LogP contribution in [0.3, 0.4) is 0 Å². The molecule has 2 saturated heterocycles. The maximum Gasteiger partial charge on any atom is 0.327 e. The molecule has 2 bridgehead atoms. The van der Waals surface area contributed by atoms with Crippen LogP contribution in [-0.4, -0.2) is 35.0 Å². The molecule has 15 heavy (non-hydrogen) atoms. The van der Waals surface area contributed by atoms with Gasteiger partial charge >= 0.3 is 5.97 Å². The van der Waals surface area contributed by atoms with Crippen LogP contribution in [0.2, 0.25) is 0 Å². The first-order chi connectivity index (χ1) is 7.22. The van der Waals surface area contributed by atoms with Gasteiger partial charge in [-0.3, -0.25) is 0 Å². The zero-order valence-electron chi connectivity index (χ0n) is 8.50. The van der Waals surface area contributed by atoms with E-state index in [1.165, 1.54) is 6.08 Å². The Hall–Kier alpha value is -0.870. The molecule has 0 radical (unpaired) electrons. The minimum atomic E-state index is -0.917. The van der Waals surface area contributed by atoms with Crippen molar-refractivity contribution < 1.29 is 19.7 Å². The van der Waals surface area contributed by atoms with E-state index in [0.717, 1.165) is 12.8 Å². The summed E-state index contributed by atoms with van der Waals surface area (Å²) in [6, 6.07) is 0. The number of aliphatic carboxylic acids is 1. The van der Waals surface area contributed by atoms with Crippen LogP contribution in [0.15, 0.2) is 12.2 Å².